The predicted octanol–water partition coefficient (Wildman–Crippen LogP) is 1.54. The summed E-state index contributed by atoms with van der Waals surface area (Å²) in [6.07, 6.45) is 1.40. The molecule has 0 aliphatic carbocycles. The number of nitrogens with two attached hydrogens (primary N) is 2. The van der Waals surface area contributed by atoms with Crippen molar-refractivity contribution in [2.24, 2.45) is 5.73 Å². The molecule has 0 atom stereocenters. The van der Waals surface area contributed by atoms with E-state index in [1.807, 2.05) is 0 Å². The number of rotatable bonds is 3. The molecule has 0 bridgehead atoms. The molecule has 7 nitrogen and oxygen atoms in total. The van der Waals surface area contributed by atoms with Crippen molar-refractivity contribution in [2.45, 2.75) is 6.92 Å². The number of nitrogens with zero attached hydrogens (tertiary/aromatic N) is 2. The predicted molar refractivity (Wildman–Crippen MR) is 79.7 cm³/mol. The molecule has 2 heterocycles. The maximum Gasteiger partial charge on any atom is 0.278 e. The second kappa shape index (κ2) is 5.55. The van der Waals surface area contributed by atoms with Crippen LogP contribution in [0.15, 0.2) is 16.9 Å². The first kappa shape index (κ1) is 14.4. The average molecular weight is 356 g/mol. The Morgan fingerprint density at radius 2 is 2.15 bits per heavy atom. The minimum atomic E-state index is -0.541. The number of aromatic nitrogens is 2. The van der Waals surface area contributed by atoms with Crippen LogP contribution in [0.25, 0.3) is 0 Å². The minimum absolute atomic E-state index is 0.00519. The number of amides is 2. The van der Waals surface area contributed by atoms with Crippen LogP contribution in [0, 0.1) is 6.92 Å². The summed E-state index contributed by atoms with van der Waals surface area (Å²) in [4.78, 5) is 32.1. The number of halogens is 1. The van der Waals surface area contributed by atoms with E-state index in [0.717, 1.165) is 4.88 Å². The number of nitrogens with one attached hydrogen (secondary N) is 1. The van der Waals surface area contributed by atoms with Crippen molar-refractivity contribution >= 4 is 50.6 Å². The van der Waals surface area contributed by atoms with Crippen LogP contribution in [0.3, 0.4) is 0 Å². The van der Waals surface area contributed by atoms with Crippen molar-refractivity contribution in [1.29, 1.82) is 0 Å². The van der Waals surface area contributed by atoms with Crippen molar-refractivity contribution in [3.8, 4) is 0 Å². The molecule has 2 rings (SSSR count). The highest BCUT2D eigenvalue weighted by atomic mass is 79.9. The van der Waals surface area contributed by atoms with Gasteiger partial charge in [0.05, 0.1) is 16.8 Å². The summed E-state index contributed by atoms with van der Waals surface area (Å²) in [6, 6.07) is 1.52. The van der Waals surface area contributed by atoms with Gasteiger partial charge in [-0.3, -0.25) is 9.59 Å². The number of anilines is 2. The maximum absolute atomic E-state index is 12.1. The van der Waals surface area contributed by atoms with Gasteiger partial charge in [0, 0.05) is 4.88 Å². The van der Waals surface area contributed by atoms with Crippen molar-refractivity contribution in [3.63, 3.8) is 0 Å². The van der Waals surface area contributed by atoms with Crippen LogP contribution in [0.1, 0.15) is 25.0 Å². The van der Waals surface area contributed by atoms with Crippen molar-refractivity contribution in [3.05, 3.63) is 32.3 Å². The van der Waals surface area contributed by atoms with Crippen LogP contribution in [-0.4, -0.2) is 21.8 Å². The first-order valence-corrected chi connectivity index (χ1v) is 6.99. The SMILES string of the molecule is Cc1sc(C(N)=O)cc1NC(=O)c1nc(Br)cnc1N. The molecule has 2 aromatic heterocycles. The van der Waals surface area contributed by atoms with E-state index in [-0.39, 0.29) is 11.5 Å². The van der Waals surface area contributed by atoms with E-state index in [1.54, 1.807) is 6.92 Å². The standard InChI is InChI=1S/C11H10BrN5O2S/c1-4-5(2-6(20-4)10(14)18)16-11(19)8-9(13)15-3-7(12)17-8/h2-3H,1H3,(H2,13,15)(H2,14,18)(H,16,19). The molecule has 0 fully saturated rings. The third-order valence-corrected chi connectivity index (χ3v) is 3.84. The third-order valence-electron chi connectivity index (χ3n) is 2.40. The summed E-state index contributed by atoms with van der Waals surface area (Å²) in [7, 11) is 0. The van der Waals surface area contributed by atoms with Gasteiger partial charge in [0.25, 0.3) is 11.8 Å². The van der Waals surface area contributed by atoms with E-state index in [2.05, 4.69) is 31.2 Å². The van der Waals surface area contributed by atoms with Gasteiger partial charge in [-0.1, -0.05) is 0 Å². The lowest BCUT2D eigenvalue weighted by atomic mass is 10.3. The van der Waals surface area contributed by atoms with Crippen LogP contribution in [-0.2, 0) is 0 Å². The quantitative estimate of drug-likeness (QED) is 0.770. The highest BCUT2D eigenvalue weighted by Gasteiger charge is 2.17. The van der Waals surface area contributed by atoms with E-state index in [4.69, 9.17) is 11.5 Å². The Bertz CT molecular complexity index is 700. The van der Waals surface area contributed by atoms with E-state index in [9.17, 15) is 9.59 Å². The second-order valence-corrected chi connectivity index (χ2v) is 5.89. The molecule has 0 radical (unpaired) electrons. The van der Waals surface area contributed by atoms with Crippen LogP contribution in [0.5, 0.6) is 0 Å². The number of carbonyl (C=O) groups excluding carboxylic acids is 2. The summed E-state index contributed by atoms with van der Waals surface area (Å²) >= 11 is 4.32. The summed E-state index contributed by atoms with van der Waals surface area (Å²) < 4.78 is 0.400. The molecule has 0 spiro atoms. The number of primary amides is 1. The first-order chi connectivity index (χ1) is 9.38. The third kappa shape index (κ3) is 2.94. The second-order valence-electron chi connectivity index (χ2n) is 3.83. The Labute approximate surface area is 126 Å². The van der Waals surface area contributed by atoms with Gasteiger partial charge in [0.15, 0.2) is 11.5 Å². The van der Waals surface area contributed by atoms with Gasteiger partial charge in [-0.15, -0.1) is 11.3 Å². The molecule has 104 valence electrons. The Balaban J connectivity index is 2.28. The molecule has 0 unspecified atom stereocenters. The Morgan fingerprint density at radius 3 is 2.75 bits per heavy atom. The molecule has 2 aromatic rings. The van der Waals surface area contributed by atoms with Gasteiger partial charge in [0.2, 0.25) is 0 Å². The zero-order chi connectivity index (χ0) is 14.9. The molecular weight excluding hydrogens is 346 g/mol. The van der Waals surface area contributed by atoms with Gasteiger partial charge in [0.1, 0.15) is 4.60 Å². The largest absolute Gasteiger partial charge is 0.382 e. The lowest BCUT2D eigenvalue weighted by molar-refractivity contribution is 0.0999. The summed E-state index contributed by atoms with van der Waals surface area (Å²) in [5.41, 5.74) is 11.3. The Hall–Kier alpha value is -2.00. The van der Waals surface area contributed by atoms with E-state index < -0.39 is 11.8 Å². The first-order valence-electron chi connectivity index (χ1n) is 5.38. The summed E-state index contributed by atoms with van der Waals surface area (Å²) in [5, 5.41) is 2.63. The van der Waals surface area contributed by atoms with Crippen LogP contribution >= 0.6 is 27.3 Å². The molecule has 0 aliphatic rings. The van der Waals surface area contributed by atoms with E-state index in [0.29, 0.717) is 15.2 Å². The Kier molecular flexibility index (Phi) is 4.00. The number of thiophene rings is 1. The number of aryl methyl sites for hydroxylation is 1. The van der Waals surface area contributed by atoms with Crippen molar-refractivity contribution in [2.75, 3.05) is 11.1 Å². The maximum atomic E-state index is 12.1. The van der Waals surface area contributed by atoms with Gasteiger partial charge >= 0.3 is 0 Å². The molecule has 5 N–H and O–H groups in total. The zero-order valence-corrected chi connectivity index (χ0v) is 12.7. The van der Waals surface area contributed by atoms with Gasteiger partial charge in [-0.25, -0.2) is 9.97 Å². The highest BCUT2D eigenvalue weighted by Crippen LogP contribution is 2.26. The lowest BCUT2D eigenvalue weighted by Crippen LogP contribution is -2.17. The van der Waals surface area contributed by atoms with E-state index >= 15 is 0 Å². The van der Waals surface area contributed by atoms with Crippen LogP contribution in [0.2, 0.25) is 0 Å². The number of nitrogen functional groups attached to an aromatic ring is 1. The van der Waals surface area contributed by atoms with E-state index in [1.165, 1.54) is 23.6 Å². The fourth-order valence-corrected chi connectivity index (χ4v) is 2.56. The number of carbonyl (C=O) groups is 2. The number of hydrogen-bond donors (Lipinski definition) is 3. The molecule has 9 heteroatoms. The normalized spacial score (nSPS) is 10.3. The summed E-state index contributed by atoms with van der Waals surface area (Å²) in [5.74, 6) is -1.03. The molecule has 2 amide bonds. The topological polar surface area (TPSA) is 124 Å². The van der Waals surface area contributed by atoms with Gasteiger partial charge < -0.3 is 16.8 Å². The van der Waals surface area contributed by atoms with Crippen molar-refractivity contribution < 1.29 is 9.59 Å². The molecule has 0 aliphatic heterocycles. The molecule has 20 heavy (non-hydrogen) atoms. The van der Waals surface area contributed by atoms with Gasteiger partial charge in [-0.2, -0.15) is 0 Å². The molecule has 0 saturated heterocycles. The minimum Gasteiger partial charge on any atom is -0.382 e. The molecule has 0 saturated carbocycles. The lowest BCUT2D eigenvalue weighted by Gasteiger charge is -2.05. The molecule has 0 aromatic carbocycles. The summed E-state index contributed by atoms with van der Waals surface area (Å²) in [6.45, 7) is 1.77. The monoisotopic (exact) mass is 355 g/mol. The fourth-order valence-electron chi connectivity index (χ4n) is 1.45. The van der Waals surface area contributed by atoms with Gasteiger partial charge in [-0.05, 0) is 28.9 Å². The fraction of sp³-hybridized carbons (Fsp3) is 0.0909. The van der Waals surface area contributed by atoms with Crippen LogP contribution in [0.4, 0.5) is 11.5 Å². The van der Waals surface area contributed by atoms with Crippen molar-refractivity contribution in [1.82, 2.24) is 9.97 Å². The highest BCUT2D eigenvalue weighted by molar-refractivity contribution is 9.10. The Morgan fingerprint density at radius 1 is 1.45 bits per heavy atom. The van der Waals surface area contributed by atoms with Crippen LogP contribution < -0.4 is 16.8 Å². The molecular formula is C11H10BrN5O2S. The average Bonchev–Trinajstić information content (AvgIpc) is 2.74. The number of hydrogen-bond acceptors (Lipinski definition) is 6. The smallest absolute Gasteiger partial charge is 0.278 e. The zero-order valence-electron chi connectivity index (χ0n) is 10.3.